The third-order valence-corrected chi connectivity index (χ3v) is 3.30. The van der Waals surface area contributed by atoms with E-state index in [1.165, 1.54) is 30.9 Å². The molecule has 0 bridgehead atoms. The molecule has 162 valence electrons. The molecule has 0 fully saturated rings. The maximum absolute atomic E-state index is 12.4. The molecule has 0 aliphatic heterocycles. The molecule has 1 unspecified atom stereocenters. The summed E-state index contributed by atoms with van der Waals surface area (Å²) in [5.74, 6) is -0.363. The van der Waals surface area contributed by atoms with E-state index in [1.54, 1.807) is 6.08 Å². The van der Waals surface area contributed by atoms with Crippen LogP contribution in [0.3, 0.4) is 0 Å². The van der Waals surface area contributed by atoms with Gasteiger partial charge >= 0.3 is 0 Å². The zero-order chi connectivity index (χ0) is 23.0. The van der Waals surface area contributed by atoms with E-state index in [0.717, 1.165) is 5.57 Å². The van der Waals surface area contributed by atoms with Crippen molar-refractivity contribution in [2.24, 2.45) is 0 Å². The van der Waals surface area contributed by atoms with Crippen molar-refractivity contribution in [2.45, 2.75) is 73.9 Å². The number of carbonyl (C=O) groups is 1. The maximum atomic E-state index is 12.4. The third-order valence-electron chi connectivity index (χ3n) is 3.30. The number of carbonyl (C=O) groups excluding carboxylic acids is 1. The minimum Gasteiger partial charge on any atom is -0.296 e. The van der Waals surface area contributed by atoms with Gasteiger partial charge in [0, 0.05) is 6.42 Å². The number of ketones is 1. The predicted molar refractivity (Wildman–Crippen MR) is 123 cm³/mol. The first-order valence-corrected chi connectivity index (χ1v) is 9.77. The van der Waals surface area contributed by atoms with Crippen LogP contribution < -0.4 is 0 Å². The second-order valence-electron chi connectivity index (χ2n) is 5.61. The maximum Gasteiger partial charge on any atom is 0.170 e. The molecule has 1 aromatic rings. The summed E-state index contributed by atoms with van der Waals surface area (Å²) >= 11 is 0. The molecule has 0 saturated carbocycles. The van der Waals surface area contributed by atoms with Gasteiger partial charge in [-0.05, 0) is 39.7 Å². The summed E-state index contributed by atoms with van der Waals surface area (Å²) in [6.07, 6.45) is 4.85. The molecular weight excluding hydrogens is 354 g/mol. The molecule has 28 heavy (non-hydrogen) atoms. The van der Waals surface area contributed by atoms with Crippen molar-refractivity contribution in [3.8, 4) is 0 Å². The zero-order valence-electron chi connectivity index (χ0n) is 19.3. The van der Waals surface area contributed by atoms with Crippen LogP contribution in [0.25, 0.3) is 0 Å². The highest BCUT2D eigenvalue weighted by molar-refractivity contribution is 5.83. The Bertz CT molecular complexity index is 499. The molecule has 1 rings (SSSR count). The topological polar surface area (TPSA) is 17.1 Å². The number of halogens is 2. The Morgan fingerprint density at radius 1 is 1.07 bits per heavy atom. The zero-order valence-corrected chi connectivity index (χ0v) is 19.3. The quantitative estimate of drug-likeness (QED) is 0.349. The normalized spacial score (nSPS) is 9.64. The summed E-state index contributed by atoms with van der Waals surface area (Å²) in [7, 11) is 0.500. The van der Waals surface area contributed by atoms with Gasteiger partial charge in [0.15, 0.2) is 12.0 Å². The molecule has 0 amide bonds. The van der Waals surface area contributed by atoms with E-state index in [-0.39, 0.29) is 12.2 Å². The van der Waals surface area contributed by atoms with Crippen molar-refractivity contribution in [2.75, 3.05) is 7.18 Å². The Hall–Kier alpha value is -2.03. The molecule has 1 atom stereocenters. The first-order valence-electron chi connectivity index (χ1n) is 9.77. The van der Waals surface area contributed by atoms with Crippen LogP contribution in [0.4, 0.5) is 8.78 Å². The van der Waals surface area contributed by atoms with Crippen molar-refractivity contribution in [1.82, 2.24) is 0 Å². The number of aryl methyl sites for hydroxylation is 1. The number of allylic oxidation sites excluding steroid dienone is 4. The fraction of sp³-hybridized carbons (Fsp3) is 0.480. The average Bonchev–Trinajstić information content (AvgIpc) is 2.73. The van der Waals surface area contributed by atoms with Gasteiger partial charge in [0.25, 0.3) is 0 Å². The first-order chi connectivity index (χ1) is 13.4. The molecule has 0 aliphatic carbocycles. The van der Waals surface area contributed by atoms with Crippen LogP contribution in [-0.2, 0) is 11.2 Å². The standard InChI is InChI=1S/C11H17FO.C9H12.C2H6.C2H4.CH3F/c1-8(2)9(3)6-5-7-11(13)10(4)12;1-2-6-9-7-4-3-5-8-9;3*1-2/h5-6,10H,7H2,1-4H3;3-5,7-8H,2,6H2,1H3;1-2H3;1-2H2;1H3/b6-5-;;;;. The Balaban J connectivity index is -0.000000167. The summed E-state index contributed by atoms with van der Waals surface area (Å²) in [5.41, 5.74) is 3.77. The second kappa shape index (κ2) is 27.2. The summed E-state index contributed by atoms with van der Waals surface area (Å²) in [6, 6.07) is 10.6. The van der Waals surface area contributed by atoms with Crippen LogP contribution in [0.5, 0.6) is 0 Å². The van der Waals surface area contributed by atoms with Crippen LogP contribution in [0.15, 0.2) is 66.8 Å². The van der Waals surface area contributed by atoms with E-state index in [2.05, 4.69) is 50.4 Å². The molecule has 0 aromatic heterocycles. The molecule has 0 heterocycles. The van der Waals surface area contributed by atoms with Crippen molar-refractivity contribution < 1.29 is 13.6 Å². The highest BCUT2D eigenvalue weighted by Gasteiger charge is 2.07. The Kier molecular flexibility index (Phi) is 32.6. The van der Waals surface area contributed by atoms with Gasteiger partial charge in [-0.1, -0.05) is 80.8 Å². The van der Waals surface area contributed by atoms with Gasteiger partial charge in [0.2, 0.25) is 0 Å². The predicted octanol–water partition coefficient (Wildman–Crippen LogP) is 8.27. The first kappa shape index (κ1) is 33.5. The molecule has 0 aliphatic rings. The van der Waals surface area contributed by atoms with Gasteiger partial charge in [-0.15, -0.1) is 13.2 Å². The van der Waals surface area contributed by atoms with Crippen LogP contribution in [0, 0.1) is 0 Å². The van der Waals surface area contributed by atoms with Crippen LogP contribution in [0.1, 0.15) is 66.9 Å². The van der Waals surface area contributed by atoms with Crippen molar-refractivity contribution in [3.05, 3.63) is 72.4 Å². The minimum atomic E-state index is -1.35. The summed E-state index contributed by atoms with van der Waals surface area (Å²) in [6.45, 7) is 19.4. The monoisotopic (exact) mass is 396 g/mol. The van der Waals surface area contributed by atoms with Crippen molar-refractivity contribution in [1.29, 1.82) is 0 Å². The molecule has 0 radical (unpaired) electrons. The van der Waals surface area contributed by atoms with Crippen molar-refractivity contribution in [3.63, 3.8) is 0 Å². The van der Waals surface area contributed by atoms with Gasteiger partial charge in [-0.2, -0.15) is 0 Å². The van der Waals surface area contributed by atoms with Gasteiger partial charge in [0.05, 0.1) is 7.18 Å². The SMILES string of the molecule is C=C.CC.CC(C)=C(C)/C=C\CC(=O)C(C)F.CCCc1ccccc1.CF. The number of hydrogen-bond acceptors (Lipinski definition) is 1. The number of rotatable bonds is 6. The van der Waals surface area contributed by atoms with E-state index in [0.29, 0.717) is 7.18 Å². The highest BCUT2D eigenvalue weighted by atomic mass is 19.1. The molecule has 1 nitrogen and oxygen atoms in total. The van der Waals surface area contributed by atoms with Gasteiger partial charge in [-0.3, -0.25) is 9.18 Å². The lowest BCUT2D eigenvalue weighted by Crippen LogP contribution is -2.09. The lowest BCUT2D eigenvalue weighted by atomic mass is 10.1. The summed E-state index contributed by atoms with van der Waals surface area (Å²) < 4.78 is 21.9. The van der Waals surface area contributed by atoms with E-state index >= 15 is 0 Å². The largest absolute Gasteiger partial charge is 0.296 e. The molecule has 3 heteroatoms. The third kappa shape index (κ3) is 24.0. The average molecular weight is 397 g/mol. The van der Waals surface area contributed by atoms with Crippen molar-refractivity contribution >= 4 is 5.78 Å². The number of alkyl halides is 2. The second-order valence-corrected chi connectivity index (χ2v) is 5.61. The Morgan fingerprint density at radius 3 is 1.89 bits per heavy atom. The minimum absolute atomic E-state index is 0.183. The molecular formula is C25H42F2O. The number of Topliss-reactive ketones (excluding diaryl/α,β-unsaturated/α-hetero) is 1. The van der Waals surface area contributed by atoms with Gasteiger partial charge in [0.1, 0.15) is 0 Å². The fourth-order valence-corrected chi connectivity index (χ4v) is 1.61. The van der Waals surface area contributed by atoms with Gasteiger partial charge < -0.3 is 0 Å². The Labute approximate surface area is 173 Å². The van der Waals surface area contributed by atoms with Gasteiger partial charge in [-0.25, -0.2) is 4.39 Å². The van der Waals surface area contributed by atoms with E-state index in [9.17, 15) is 13.6 Å². The number of hydrogen-bond donors (Lipinski definition) is 0. The molecule has 0 saturated heterocycles. The van der Waals surface area contributed by atoms with E-state index < -0.39 is 6.17 Å². The smallest absolute Gasteiger partial charge is 0.170 e. The van der Waals surface area contributed by atoms with E-state index in [1.807, 2.05) is 40.7 Å². The summed E-state index contributed by atoms with van der Waals surface area (Å²) in [4.78, 5) is 10.9. The Morgan fingerprint density at radius 2 is 1.54 bits per heavy atom. The van der Waals surface area contributed by atoms with Crippen LogP contribution >= 0.6 is 0 Å². The molecule has 1 aromatic carbocycles. The molecule has 0 spiro atoms. The molecule has 0 N–H and O–H groups in total. The van der Waals surface area contributed by atoms with Crippen LogP contribution in [-0.4, -0.2) is 19.1 Å². The lowest BCUT2D eigenvalue weighted by Gasteiger charge is -1.97. The summed E-state index contributed by atoms with van der Waals surface area (Å²) in [5, 5.41) is 0. The number of benzene rings is 1. The lowest BCUT2D eigenvalue weighted by molar-refractivity contribution is -0.122. The fourth-order valence-electron chi connectivity index (χ4n) is 1.61. The van der Waals surface area contributed by atoms with Crippen LogP contribution in [0.2, 0.25) is 0 Å². The van der Waals surface area contributed by atoms with E-state index in [4.69, 9.17) is 0 Å². The highest BCUT2D eigenvalue weighted by Crippen LogP contribution is 2.05.